The molecule has 1 aromatic heterocycles. The first kappa shape index (κ1) is 13.6. The molecule has 2 rings (SSSR count). The molecule has 0 spiro atoms. The van der Waals surface area contributed by atoms with Crippen LogP contribution in [0.5, 0.6) is 0 Å². The van der Waals surface area contributed by atoms with E-state index in [2.05, 4.69) is 24.1 Å². The Bertz CT molecular complexity index is 581. The molecule has 0 saturated carbocycles. The maximum absolute atomic E-state index is 9.45. The van der Waals surface area contributed by atoms with Gasteiger partial charge in [0.05, 0.1) is 18.2 Å². The minimum atomic E-state index is 0.0198. The largest absolute Gasteiger partial charge is 0.399 e. The number of pyridine rings is 1. The number of hydrogen-bond acceptors (Lipinski definition) is 4. The molecule has 0 amide bonds. The molecule has 0 fully saturated rings. The number of nitrogens with two attached hydrogens (primary N) is 1. The summed E-state index contributed by atoms with van der Waals surface area (Å²) < 4.78 is 0. The van der Waals surface area contributed by atoms with E-state index in [0.717, 1.165) is 22.3 Å². The van der Waals surface area contributed by atoms with E-state index in [0.29, 0.717) is 11.6 Å². The summed E-state index contributed by atoms with van der Waals surface area (Å²) in [7, 11) is 0. The van der Waals surface area contributed by atoms with Crippen molar-refractivity contribution in [3.8, 4) is 0 Å². The molecule has 1 heterocycles. The van der Waals surface area contributed by atoms with Gasteiger partial charge in [-0.1, -0.05) is 13.8 Å². The third-order valence-corrected chi connectivity index (χ3v) is 3.30. The Morgan fingerprint density at radius 2 is 2.05 bits per heavy atom. The van der Waals surface area contributed by atoms with Gasteiger partial charge in [-0.2, -0.15) is 0 Å². The molecule has 4 N–H and O–H groups in total. The van der Waals surface area contributed by atoms with Gasteiger partial charge in [0.15, 0.2) is 0 Å². The van der Waals surface area contributed by atoms with Gasteiger partial charge in [-0.15, -0.1) is 0 Å². The van der Waals surface area contributed by atoms with Crippen LogP contribution in [0.15, 0.2) is 24.3 Å². The van der Waals surface area contributed by atoms with Gasteiger partial charge in [-0.25, -0.2) is 0 Å². The van der Waals surface area contributed by atoms with Gasteiger partial charge in [0.1, 0.15) is 0 Å². The van der Waals surface area contributed by atoms with Crippen molar-refractivity contribution in [2.24, 2.45) is 5.92 Å². The molecule has 4 nitrogen and oxygen atoms in total. The summed E-state index contributed by atoms with van der Waals surface area (Å²) in [5.41, 5.74) is 9.40. The van der Waals surface area contributed by atoms with Crippen LogP contribution < -0.4 is 11.1 Å². The van der Waals surface area contributed by atoms with Crippen LogP contribution in [0.3, 0.4) is 0 Å². The van der Waals surface area contributed by atoms with Crippen LogP contribution in [0.2, 0.25) is 0 Å². The average molecular weight is 259 g/mol. The van der Waals surface area contributed by atoms with E-state index in [-0.39, 0.29) is 12.6 Å². The molecular formula is C15H21N3O. The molecule has 1 atom stereocenters. The van der Waals surface area contributed by atoms with Crippen LogP contribution in [-0.2, 0) is 0 Å². The normalized spacial score (nSPS) is 12.9. The van der Waals surface area contributed by atoms with Crippen molar-refractivity contribution in [3.05, 3.63) is 30.0 Å². The smallest absolute Gasteiger partial charge is 0.0727 e. The average Bonchev–Trinajstić information content (AvgIpc) is 2.35. The number of nitrogens with one attached hydrogen (secondary N) is 1. The number of hydrogen-bond donors (Lipinski definition) is 3. The Balaban J connectivity index is 2.49. The molecule has 0 saturated heterocycles. The van der Waals surface area contributed by atoms with Crippen LogP contribution in [0.1, 0.15) is 19.5 Å². The first-order valence-corrected chi connectivity index (χ1v) is 6.55. The molecule has 0 bridgehead atoms. The zero-order valence-corrected chi connectivity index (χ0v) is 11.6. The highest BCUT2D eigenvalue weighted by atomic mass is 16.3. The first-order valence-electron chi connectivity index (χ1n) is 6.55. The quantitative estimate of drug-likeness (QED) is 0.738. The van der Waals surface area contributed by atoms with Gasteiger partial charge in [0, 0.05) is 22.5 Å². The van der Waals surface area contributed by atoms with Gasteiger partial charge in [-0.05, 0) is 37.1 Å². The highest BCUT2D eigenvalue weighted by Gasteiger charge is 2.14. The molecule has 0 aliphatic rings. The molecular weight excluding hydrogens is 238 g/mol. The van der Waals surface area contributed by atoms with Crippen LogP contribution in [0.25, 0.3) is 10.9 Å². The minimum Gasteiger partial charge on any atom is -0.399 e. The Hall–Kier alpha value is -1.81. The number of aliphatic hydroxyl groups is 1. The van der Waals surface area contributed by atoms with E-state index in [1.165, 1.54) is 0 Å². The fourth-order valence-corrected chi connectivity index (χ4v) is 2.12. The van der Waals surface area contributed by atoms with Crippen molar-refractivity contribution >= 4 is 22.3 Å². The van der Waals surface area contributed by atoms with E-state index in [9.17, 15) is 5.11 Å². The number of aromatic nitrogens is 1. The van der Waals surface area contributed by atoms with Crippen molar-refractivity contribution < 1.29 is 5.11 Å². The maximum atomic E-state index is 9.45. The van der Waals surface area contributed by atoms with Crippen LogP contribution >= 0.6 is 0 Å². The third-order valence-electron chi connectivity index (χ3n) is 3.30. The Labute approximate surface area is 113 Å². The van der Waals surface area contributed by atoms with Crippen LogP contribution in [-0.4, -0.2) is 22.7 Å². The van der Waals surface area contributed by atoms with Gasteiger partial charge in [0.2, 0.25) is 0 Å². The van der Waals surface area contributed by atoms with Gasteiger partial charge >= 0.3 is 0 Å². The van der Waals surface area contributed by atoms with E-state index in [1.54, 1.807) is 0 Å². The molecule has 102 valence electrons. The molecule has 1 unspecified atom stereocenters. The lowest BCUT2D eigenvalue weighted by atomic mass is 10.0. The van der Waals surface area contributed by atoms with Crippen molar-refractivity contribution in [1.29, 1.82) is 0 Å². The number of nitrogen functional groups attached to an aromatic ring is 1. The van der Waals surface area contributed by atoms with Crippen molar-refractivity contribution in [2.45, 2.75) is 26.8 Å². The Morgan fingerprint density at radius 3 is 2.68 bits per heavy atom. The minimum absolute atomic E-state index is 0.0198. The van der Waals surface area contributed by atoms with Gasteiger partial charge in [0.25, 0.3) is 0 Å². The highest BCUT2D eigenvalue weighted by Crippen LogP contribution is 2.26. The second-order valence-electron chi connectivity index (χ2n) is 5.27. The summed E-state index contributed by atoms with van der Waals surface area (Å²) >= 11 is 0. The number of aliphatic hydroxyl groups excluding tert-OH is 1. The topological polar surface area (TPSA) is 71.2 Å². The molecule has 19 heavy (non-hydrogen) atoms. The number of anilines is 2. The van der Waals surface area contributed by atoms with E-state index < -0.39 is 0 Å². The number of benzene rings is 1. The Kier molecular flexibility index (Phi) is 3.90. The van der Waals surface area contributed by atoms with Crippen molar-refractivity contribution in [2.75, 3.05) is 17.7 Å². The lowest BCUT2D eigenvalue weighted by molar-refractivity contribution is 0.249. The SMILES string of the molecule is Cc1cc(NC(CO)C(C)C)c2cc(N)ccc2n1. The lowest BCUT2D eigenvalue weighted by Crippen LogP contribution is -2.29. The summed E-state index contributed by atoms with van der Waals surface area (Å²) in [4.78, 5) is 4.50. The van der Waals surface area contributed by atoms with Gasteiger partial charge < -0.3 is 16.2 Å². The van der Waals surface area contributed by atoms with E-state index in [4.69, 9.17) is 5.73 Å². The predicted octanol–water partition coefficient (Wildman–Crippen LogP) is 2.55. The fraction of sp³-hybridized carbons (Fsp3) is 0.400. The van der Waals surface area contributed by atoms with Crippen molar-refractivity contribution in [1.82, 2.24) is 4.98 Å². The number of aryl methyl sites for hydroxylation is 1. The summed E-state index contributed by atoms with van der Waals surface area (Å²) in [5.74, 6) is 0.342. The molecule has 1 aromatic carbocycles. The molecule has 0 radical (unpaired) electrons. The number of rotatable bonds is 4. The van der Waals surface area contributed by atoms with E-state index in [1.807, 2.05) is 31.2 Å². The molecule has 4 heteroatoms. The summed E-state index contributed by atoms with van der Waals surface area (Å²) in [6, 6.07) is 7.70. The third kappa shape index (κ3) is 2.96. The molecule has 2 aromatic rings. The predicted molar refractivity (Wildman–Crippen MR) is 80.2 cm³/mol. The monoisotopic (exact) mass is 259 g/mol. The first-order chi connectivity index (χ1) is 9.01. The summed E-state index contributed by atoms with van der Waals surface area (Å²) in [6.45, 7) is 6.23. The van der Waals surface area contributed by atoms with Crippen molar-refractivity contribution in [3.63, 3.8) is 0 Å². The molecule has 0 aliphatic heterocycles. The highest BCUT2D eigenvalue weighted by molar-refractivity contribution is 5.93. The van der Waals surface area contributed by atoms with Crippen LogP contribution in [0, 0.1) is 12.8 Å². The number of fused-ring (bicyclic) bond motifs is 1. The summed E-state index contributed by atoms with van der Waals surface area (Å²) in [5, 5.41) is 13.8. The standard InChI is InChI=1S/C15H21N3O/c1-9(2)15(8-19)18-14-6-10(3)17-13-5-4-11(16)7-12(13)14/h4-7,9,15,19H,8,16H2,1-3H3,(H,17,18). The second kappa shape index (κ2) is 5.45. The maximum Gasteiger partial charge on any atom is 0.0727 e. The molecule has 0 aliphatic carbocycles. The second-order valence-corrected chi connectivity index (χ2v) is 5.27. The zero-order chi connectivity index (χ0) is 14.0. The number of nitrogens with zero attached hydrogens (tertiary/aromatic N) is 1. The zero-order valence-electron chi connectivity index (χ0n) is 11.6. The summed E-state index contributed by atoms with van der Waals surface area (Å²) in [6.07, 6.45) is 0. The lowest BCUT2D eigenvalue weighted by Gasteiger charge is -2.22. The van der Waals surface area contributed by atoms with E-state index >= 15 is 0 Å². The fourth-order valence-electron chi connectivity index (χ4n) is 2.12. The Morgan fingerprint density at radius 1 is 1.32 bits per heavy atom. The van der Waals surface area contributed by atoms with Gasteiger partial charge in [-0.3, -0.25) is 4.98 Å². The van der Waals surface area contributed by atoms with Crippen LogP contribution in [0.4, 0.5) is 11.4 Å².